The molecule has 1 fully saturated rings. The quantitative estimate of drug-likeness (QED) is 0.666. The lowest BCUT2D eigenvalue weighted by atomic mass is 9.97. The minimum absolute atomic E-state index is 0.144. The molecule has 3 N–H and O–H groups in total. The minimum Gasteiger partial charge on any atom is -0.445 e. The lowest BCUT2D eigenvalue weighted by molar-refractivity contribution is 0.0801. The highest BCUT2D eigenvalue weighted by Crippen LogP contribution is 2.18. The highest BCUT2D eigenvalue weighted by atomic mass is 16.6. The molecule has 1 aliphatic heterocycles. The predicted molar refractivity (Wildman–Crippen MR) is 105 cm³/mol. The van der Waals surface area contributed by atoms with Crippen molar-refractivity contribution in [2.24, 2.45) is 5.92 Å². The summed E-state index contributed by atoms with van der Waals surface area (Å²) in [6.07, 6.45) is 1.37. The maximum atomic E-state index is 12.2. The van der Waals surface area contributed by atoms with Crippen LogP contribution in [0.5, 0.6) is 0 Å². The van der Waals surface area contributed by atoms with E-state index in [4.69, 9.17) is 9.94 Å². The number of nitrogens with one attached hydrogen (secondary N) is 2. The van der Waals surface area contributed by atoms with Gasteiger partial charge >= 0.3 is 6.09 Å². The van der Waals surface area contributed by atoms with E-state index in [-0.39, 0.29) is 18.6 Å². The summed E-state index contributed by atoms with van der Waals surface area (Å²) in [5, 5.41) is 11.7. The first kappa shape index (κ1) is 19.7. The van der Waals surface area contributed by atoms with Gasteiger partial charge in [0.1, 0.15) is 6.61 Å². The number of nitrogens with zero attached hydrogens (tertiary/aromatic N) is 1. The van der Waals surface area contributed by atoms with Crippen LogP contribution in [0, 0.1) is 5.92 Å². The Bertz CT molecular complexity index is 772. The summed E-state index contributed by atoms with van der Waals surface area (Å²) in [6.45, 7) is 2.11. The van der Waals surface area contributed by atoms with Gasteiger partial charge in [-0.1, -0.05) is 30.3 Å². The Morgan fingerprint density at radius 3 is 2.36 bits per heavy atom. The Labute approximate surface area is 164 Å². The Hall–Kier alpha value is -3.06. The molecule has 0 atom stereocenters. The summed E-state index contributed by atoms with van der Waals surface area (Å²) in [4.78, 5) is 26.1. The van der Waals surface area contributed by atoms with Crippen LogP contribution in [0.25, 0.3) is 0 Å². The third-order valence-electron chi connectivity index (χ3n) is 4.91. The van der Waals surface area contributed by atoms with Crippen molar-refractivity contribution in [3.8, 4) is 0 Å². The van der Waals surface area contributed by atoms with Crippen LogP contribution in [0.1, 0.15) is 28.8 Å². The van der Waals surface area contributed by atoms with Crippen LogP contribution in [-0.4, -0.2) is 41.7 Å². The number of ether oxygens (including phenoxy) is 1. The van der Waals surface area contributed by atoms with Crippen molar-refractivity contribution in [2.75, 3.05) is 25.1 Å². The Kier molecular flexibility index (Phi) is 6.86. The van der Waals surface area contributed by atoms with Crippen molar-refractivity contribution in [1.82, 2.24) is 10.2 Å². The molecule has 0 radical (unpaired) electrons. The molecule has 28 heavy (non-hydrogen) atoms. The summed E-state index contributed by atoms with van der Waals surface area (Å²) < 4.78 is 5.37. The number of likely N-dealkylation sites (tertiary alicyclic amines) is 1. The number of benzene rings is 2. The molecule has 7 nitrogen and oxygen atoms in total. The van der Waals surface area contributed by atoms with Gasteiger partial charge in [-0.3, -0.25) is 15.5 Å². The minimum atomic E-state index is -0.288. The molecule has 0 aromatic heterocycles. The van der Waals surface area contributed by atoms with Gasteiger partial charge in [0.15, 0.2) is 0 Å². The molecule has 7 heteroatoms. The number of anilines is 1. The molecule has 0 bridgehead atoms. The van der Waals surface area contributed by atoms with Gasteiger partial charge in [0, 0.05) is 25.2 Å². The molecule has 3 rings (SSSR count). The number of piperidine rings is 1. The smallest absolute Gasteiger partial charge is 0.410 e. The summed E-state index contributed by atoms with van der Waals surface area (Å²) in [5.41, 5.74) is 4.08. The van der Waals surface area contributed by atoms with Crippen LogP contribution in [-0.2, 0) is 11.3 Å². The van der Waals surface area contributed by atoms with Gasteiger partial charge in [0.2, 0.25) is 0 Å². The first-order valence-corrected chi connectivity index (χ1v) is 9.39. The topological polar surface area (TPSA) is 90.9 Å². The maximum absolute atomic E-state index is 12.2. The number of carbonyl (C=O) groups excluding carboxylic acids is 2. The average Bonchev–Trinajstić information content (AvgIpc) is 2.77. The molecule has 1 heterocycles. The normalized spacial score (nSPS) is 14.4. The van der Waals surface area contributed by atoms with Crippen LogP contribution in [0.15, 0.2) is 54.6 Å². The van der Waals surface area contributed by atoms with Gasteiger partial charge in [-0.05, 0) is 48.6 Å². The van der Waals surface area contributed by atoms with E-state index in [1.807, 2.05) is 35.8 Å². The average molecular weight is 383 g/mol. The molecule has 2 aromatic carbocycles. The van der Waals surface area contributed by atoms with E-state index >= 15 is 0 Å². The molecule has 0 spiro atoms. The van der Waals surface area contributed by atoms with Crippen LogP contribution < -0.4 is 10.8 Å². The molecule has 148 valence electrons. The van der Waals surface area contributed by atoms with Crippen LogP contribution >= 0.6 is 0 Å². The largest absolute Gasteiger partial charge is 0.445 e. The molecular weight excluding hydrogens is 358 g/mol. The van der Waals surface area contributed by atoms with Crippen molar-refractivity contribution in [2.45, 2.75) is 19.4 Å². The zero-order valence-corrected chi connectivity index (χ0v) is 15.6. The summed E-state index contributed by atoms with van der Waals surface area (Å²) in [7, 11) is 0. The van der Waals surface area contributed by atoms with Crippen molar-refractivity contribution in [3.05, 3.63) is 65.7 Å². The Morgan fingerprint density at radius 1 is 1.04 bits per heavy atom. The molecular formula is C21H25N3O4. The summed E-state index contributed by atoms with van der Waals surface area (Å²) >= 11 is 0. The van der Waals surface area contributed by atoms with Crippen molar-refractivity contribution >= 4 is 17.7 Å². The second-order valence-electron chi connectivity index (χ2n) is 6.87. The number of rotatable bonds is 6. The molecule has 1 saturated heterocycles. The van der Waals surface area contributed by atoms with E-state index in [2.05, 4.69) is 5.32 Å². The lowest BCUT2D eigenvalue weighted by Gasteiger charge is -2.31. The van der Waals surface area contributed by atoms with E-state index in [9.17, 15) is 9.59 Å². The van der Waals surface area contributed by atoms with E-state index in [1.165, 1.54) is 0 Å². The van der Waals surface area contributed by atoms with Crippen molar-refractivity contribution < 1.29 is 19.5 Å². The lowest BCUT2D eigenvalue weighted by Crippen LogP contribution is -2.41. The van der Waals surface area contributed by atoms with Gasteiger partial charge in [0.05, 0.1) is 5.69 Å². The highest BCUT2D eigenvalue weighted by Gasteiger charge is 2.24. The number of carbonyl (C=O) groups is 2. The van der Waals surface area contributed by atoms with Crippen LogP contribution in [0.3, 0.4) is 0 Å². The number of hydrogen-bond donors (Lipinski definition) is 3. The number of hydrogen-bond acceptors (Lipinski definition) is 5. The zero-order chi connectivity index (χ0) is 19.8. The highest BCUT2D eigenvalue weighted by molar-refractivity contribution is 5.94. The van der Waals surface area contributed by atoms with Gasteiger partial charge in [-0.25, -0.2) is 4.79 Å². The molecule has 2 amide bonds. The maximum Gasteiger partial charge on any atom is 0.410 e. The van der Waals surface area contributed by atoms with Gasteiger partial charge < -0.3 is 15.0 Å². The van der Waals surface area contributed by atoms with E-state index in [1.54, 1.807) is 29.2 Å². The third kappa shape index (κ3) is 5.47. The molecule has 2 aromatic rings. The second kappa shape index (κ2) is 9.75. The fraction of sp³-hybridized carbons (Fsp3) is 0.333. The summed E-state index contributed by atoms with van der Waals surface area (Å²) in [6, 6.07) is 16.2. The van der Waals surface area contributed by atoms with Crippen molar-refractivity contribution in [1.29, 1.82) is 0 Å². The molecule has 0 saturated carbocycles. The Morgan fingerprint density at radius 2 is 1.71 bits per heavy atom. The van der Waals surface area contributed by atoms with E-state index in [0.29, 0.717) is 36.8 Å². The standard InChI is InChI=1S/C21H25N3O4/c25-20(18-6-8-19(23-27)9-7-18)22-14-16-10-12-24(13-11-16)21(26)28-15-17-4-2-1-3-5-17/h1-9,16,23,27H,10-15H2,(H,22,25). The Balaban J connectivity index is 1.37. The van der Waals surface area contributed by atoms with Crippen LogP contribution in [0.4, 0.5) is 10.5 Å². The monoisotopic (exact) mass is 383 g/mol. The van der Waals surface area contributed by atoms with Crippen LogP contribution in [0.2, 0.25) is 0 Å². The summed E-state index contributed by atoms with van der Waals surface area (Å²) in [5.74, 6) is 0.190. The zero-order valence-electron chi connectivity index (χ0n) is 15.6. The van der Waals surface area contributed by atoms with E-state index < -0.39 is 0 Å². The van der Waals surface area contributed by atoms with Gasteiger partial charge in [-0.2, -0.15) is 0 Å². The first-order valence-electron chi connectivity index (χ1n) is 9.39. The van der Waals surface area contributed by atoms with Gasteiger partial charge in [0.25, 0.3) is 5.91 Å². The predicted octanol–water partition coefficient (Wildman–Crippen LogP) is 3.27. The van der Waals surface area contributed by atoms with Gasteiger partial charge in [-0.15, -0.1) is 0 Å². The third-order valence-corrected chi connectivity index (χ3v) is 4.91. The van der Waals surface area contributed by atoms with Crippen molar-refractivity contribution in [3.63, 3.8) is 0 Å². The first-order chi connectivity index (χ1) is 13.7. The van der Waals surface area contributed by atoms with E-state index in [0.717, 1.165) is 18.4 Å². The molecule has 1 aliphatic rings. The SMILES string of the molecule is O=C(NCC1CCN(C(=O)OCc2ccccc2)CC1)c1ccc(NO)cc1. The fourth-order valence-electron chi connectivity index (χ4n) is 3.17. The fourth-order valence-corrected chi connectivity index (χ4v) is 3.17. The number of amides is 2. The molecule has 0 unspecified atom stereocenters. The second-order valence-corrected chi connectivity index (χ2v) is 6.87. The molecule has 0 aliphatic carbocycles.